The zero-order valence-corrected chi connectivity index (χ0v) is 13.7. The smallest absolute Gasteiger partial charge is 0.308 e. The number of carboxylic acid groups (broad SMARTS) is 1. The molecule has 3 unspecified atom stereocenters. The van der Waals surface area contributed by atoms with Crippen LogP contribution in [0.4, 0.5) is 0 Å². The van der Waals surface area contributed by atoms with Crippen molar-refractivity contribution in [1.29, 1.82) is 0 Å². The summed E-state index contributed by atoms with van der Waals surface area (Å²) < 4.78 is 1.13. The first-order valence-corrected chi connectivity index (χ1v) is 8.30. The normalized spacial score (nSPS) is 27.7. The number of aliphatic carboxylic acids is 1. The number of thiophene rings is 1. The Kier molecular flexibility index (Phi) is 5.03. The van der Waals surface area contributed by atoms with E-state index >= 15 is 0 Å². The molecule has 3 nitrogen and oxygen atoms in total. The third-order valence-electron chi connectivity index (χ3n) is 4.02. The zero-order chi connectivity index (χ0) is 14.0. The maximum absolute atomic E-state index is 11.4. The Morgan fingerprint density at radius 2 is 2.32 bits per heavy atom. The summed E-state index contributed by atoms with van der Waals surface area (Å²) in [5, 5.41) is 11.5. The Morgan fingerprint density at radius 3 is 2.89 bits per heavy atom. The summed E-state index contributed by atoms with van der Waals surface area (Å²) in [6.07, 6.45) is 2.82. The topological polar surface area (TPSA) is 40.5 Å². The average Bonchev–Trinajstić information content (AvgIpc) is 2.74. The quantitative estimate of drug-likeness (QED) is 0.901. The van der Waals surface area contributed by atoms with Crippen molar-refractivity contribution < 1.29 is 9.90 Å². The second-order valence-corrected chi connectivity index (χ2v) is 7.89. The Morgan fingerprint density at radius 1 is 1.58 bits per heavy atom. The highest BCUT2D eigenvalue weighted by Gasteiger charge is 2.35. The maximum Gasteiger partial charge on any atom is 0.308 e. The van der Waals surface area contributed by atoms with E-state index in [1.165, 1.54) is 5.56 Å². The van der Waals surface area contributed by atoms with Gasteiger partial charge in [-0.05, 0) is 65.2 Å². The van der Waals surface area contributed by atoms with Gasteiger partial charge in [0, 0.05) is 12.6 Å². The van der Waals surface area contributed by atoms with Crippen molar-refractivity contribution in [2.75, 3.05) is 7.05 Å². The highest BCUT2D eigenvalue weighted by Crippen LogP contribution is 2.33. The first kappa shape index (κ1) is 15.0. The fraction of sp³-hybridized carbons (Fsp3) is 0.643. The average molecular weight is 346 g/mol. The van der Waals surface area contributed by atoms with Gasteiger partial charge in [0.15, 0.2) is 0 Å². The monoisotopic (exact) mass is 345 g/mol. The summed E-state index contributed by atoms with van der Waals surface area (Å²) in [6.45, 7) is 3.04. The number of nitrogens with zero attached hydrogens (tertiary/aromatic N) is 1. The molecule has 1 N–H and O–H groups in total. The third-order valence-corrected chi connectivity index (χ3v) is 5.57. The molecule has 1 fully saturated rings. The molecular formula is C14H20BrNO2S. The van der Waals surface area contributed by atoms with Gasteiger partial charge >= 0.3 is 5.97 Å². The van der Waals surface area contributed by atoms with E-state index in [-0.39, 0.29) is 12.0 Å². The standard InChI is InChI=1S/C14H20BrNO2S/c1-9-3-4-11(14(17)18)12(5-9)16(2)7-10-6-13(15)19-8-10/h6,8-9,11-12H,3-5,7H2,1-2H3,(H,17,18). The zero-order valence-electron chi connectivity index (χ0n) is 11.3. The molecule has 1 aliphatic carbocycles. The number of halogens is 1. The van der Waals surface area contributed by atoms with Gasteiger partial charge in [-0.3, -0.25) is 9.69 Å². The van der Waals surface area contributed by atoms with E-state index in [0.29, 0.717) is 5.92 Å². The molecule has 19 heavy (non-hydrogen) atoms. The summed E-state index contributed by atoms with van der Waals surface area (Å²) >= 11 is 5.14. The molecule has 1 heterocycles. The molecule has 106 valence electrons. The molecule has 1 saturated carbocycles. The van der Waals surface area contributed by atoms with Gasteiger partial charge in [-0.2, -0.15) is 0 Å². The second kappa shape index (κ2) is 6.37. The van der Waals surface area contributed by atoms with Crippen molar-refractivity contribution in [2.24, 2.45) is 11.8 Å². The fourth-order valence-electron chi connectivity index (χ4n) is 2.96. The largest absolute Gasteiger partial charge is 0.481 e. The molecule has 5 heteroatoms. The van der Waals surface area contributed by atoms with Crippen LogP contribution in [0, 0.1) is 11.8 Å². The van der Waals surface area contributed by atoms with E-state index in [0.717, 1.165) is 29.6 Å². The Bertz CT molecular complexity index is 448. The van der Waals surface area contributed by atoms with Crippen LogP contribution in [0.2, 0.25) is 0 Å². The molecule has 0 saturated heterocycles. The lowest BCUT2D eigenvalue weighted by Gasteiger charge is -2.38. The van der Waals surface area contributed by atoms with Gasteiger partial charge in [-0.1, -0.05) is 6.92 Å². The minimum atomic E-state index is -0.643. The Balaban J connectivity index is 2.05. The summed E-state index contributed by atoms with van der Waals surface area (Å²) in [7, 11) is 2.05. The van der Waals surface area contributed by atoms with Crippen LogP contribution in [0.15, 0.2) is 15.2 Å². The highest BCUT2D eigenvalue weighted by atomic mass is 79.9. The summed E-state index contributed by atoms with van der Waals surface area (Å²) in [4.78, 5) is 13.6. The first-order valence-electron chi connectivity index (χ1n) is 6.63. The summed E-state index contributed by atoms with van der Waals surface area (Å²) in [6, 6.07) is 2.27. The van der Waals surface area contributed by atoms with Gasteiger partial charge in [0.2, 0.25) is 0 Å². The van der Waals surface area contributed by atoms with Crippen LogP contribution in [-0.2, 0) is 11.3 Å². The number of hydrogen-bond donors (Lipinski definition) is 1. The molecular weight excluding hydrogens is 326 g/mol. The van der Waals surface area contributed by atoms with Crippen molar-refractivity contribution in [3.63, 3.8) is 0 Å². The van der Waals surface area contributed by atoms with Crippen LogP contribution in [0.3, 0.4) is 0 Å². The SMILES string of the molecule is CC1CCC(C(=O)O)C(N(C)Cc2csc(Br)c2)C1. The van der Waals surface area contributed by atoms with Crippen molar-refractivity contribution >= 4 is 33.2 Å². The molecule has 1 aromatic rings. The van der Waals surface area contributed by atoms with E-state index < -0.39 is 5.97 Å². The molecule has 1 aromatic heterocycles. The summed E-state index contributed by atoms with van der Waals surface area (Å²) in [5.41, 5.74) is 1.25. The van der Waals surface area contributed by atoms with Crippen molar-refractivity contribution in [1.82, 2.24) is 4.90 Å². The van der Waals surface area contributed by atoms with E-state index in [1.807, 2.05) is 7.05 Å². The first-order chi connectivity index (χ1) is 8.97. The molecule has 0 aromatic carbocycles. The summed E-state index contributed by atoms with van der Waals surface area (Å²) in [5.74, 6) is -0.240. The van der Waals surface area contributed by atoms with Crippen LogP contribution in [0.5, 0.6) is 0 Å². The number of hydrogen-bond acceptors (Lipinski definition) is 3. The van der Waals surface area contributed by atoms with E-state index in [4.69, 9.17) is 0 Å². The van der Waals surface area contributed by atoms with Crippen LogP contribution >= 0.6 is 27.3 Å². The van der Waals surface area contributed by atoms with E-state index in [1.54, 1.807) is 11.3 Å². The van der Waals surface area contributed by atoms with Crippen LogP contribution in [-0.4, -0.2) is 29.1 Å². The number of carboxylic acids is 1. The lowest BCUT2D eigenvalue weighted by molar-refractivity contribution is -0.146. The lowest BCUT2D eigenvalue weighted by Crippen LogP contribution is -2.44. The fourth-order valence-corrected chi connectivity index (χ4v) is 4.16. The maximum atomic E-state index is 11.4. The predicted molar refractivity (Wildman–Crippen MR) is 81.4 cm³/mol. The van der Waals surface area contributed by atoms with Gasteiger partial charge < -0.3 is 5.11 Å². The minimum Gasteiger partial charge on any atom is -0.481 e. The van der Waals surface area contributed by atoms with Crippen LogP contribution < -0.4 is 0 Å². The van der Waals surface area contributed by atoms with Gasteiger partial charge in [0.05, 0.1) is 9.70 Å². The van der Waals surface area contributed by atoms with Crippen molar-refractivity contribution in [2.45, 2.75) is 38.8 Å². The molecule has 0 aliphatic heterocycles. The molecule has 1 aliphatic rings. The number of carbonyl (C=O) groups is 1. The molecule has 0 spiro atoms. The highest BCUT2D eigenvalue weighted by molar-refractivity contribution is 9.11. The Labute approximate surface area is 126 Å². The molecule has 2 rings (SSSR count). The molecule has 0 radical (unpaired) electrons. The lowest BCUT2D eigenvalue weighted by atomic mass is 9.78. The van der Waals surface area contributed by atoms with Gasteiger partial charge in [-0.15, -0.1) is 11.3 Å². The Hall–Kier alpha value is -0.390. The van der Waals surface area contributed by atoms with Crippen LogP contribution in [0.25, 0.3) is 0 Å². The van der Waals surface area contributed by atoms with Gasteiger partial charge in [-0.25, -0.2) is 0 Å². The van der Waals surface area contributed by atoms with Crippen molar-refractivity contribution in [3.05, 3.63) is 20.8 Å². The number of rotatable bonds is 4. The minimum absolute atomic E-state index is 0.153. The van der Waals surface area contributed by atoms with Gasteiger partial charge in [0.1, 0.15) is 0 Å². The van der Waals surface area contributed by atoms with Gasteiger partial charge in [0.25, 0.3) is 0 Å². The van der Waals surface area contributed by atoms with E-state index in [9.17, 15) is 9.90 Å². The van der Waals surface area contributed by atoms with Crippen molar-refractivity contribution in [3.8, 4) is 0 Å². The van der Waals surface area contributed by atoms with E-state index in [2.05, 4.69) is 39.2 Å². The molecule has 3 atom stereocenters. The third kappa shape index (κ3) is 3.80. The van der Waals surface area contributed by atoms with Crippen LogP contribution in [0.1, 0.15) is 31.7 Å². The molecule has 0 bridgehead atoms. The second-order valence-electron chi connectivity index (χ2n) is 5.60. The molecule has 0 amide bonds. The predicted octanol–water partition coefficient (Wildman–Crippen LogP) is 3.83.